The highest BCUT2D eigenvalue weighted by Gasteiger charge is 2.62. The van der Waals surface area contributed by atoms with Crippen LogP contribution in [-0.2, 0) is 15.4 Å². The predicted octanol–water partition coefficient (Wildman–Crippen LogP) is 1.45. The van der Waals surface area contributed by atoms with E-state index in [9.17, 15) is 12.8 Å². The quantitative estimate of drug-likeness (QED) is 0.825. The maximum absolute atomic E-state index is 13.6. The zero-order valence-electron chi connectivity index (χ0n) is 9.35. The number of benzene rings is 1. The Bertz CT molecular complexity index is 612. The lowest BCUT2D eigenvalue weighted by Crippen LogP contribution is -2.66. The molecule has 2 unspecified atom stereocenters. The molecule has 1 aromatic carbocycles. The van der Waals surface area contributed by atoms with Gasteiger partial charge in [-0.2, -0.15) is 0 Å². The van der Waals surface area contributed by atoms with Gasteiger partial charge in [0.2, 0.25) is 0 Å². The molecule has 1 fully saturated rings. The van der Waals surface area contributed by atoms with E-state index in [0.717, 1.165) is 0 Å². The van der Waals surface area contributed by atoms with E-state index in [1.165, 1.54) is 6.07 Å². The maximum Gasteiger partial charge on any atom is 0.166 e. The van der Waals surface area contributed by atoms with Crippen LogP contribution in [0.1, 0.15) is 12.5 Å². The molecule has 2 atom stereocenters. The first kappa shape index (κ1) is 12.2. The van der Waals surface area contributed by atoms with Crippen LogP contribution >= 0.6 is 0 Å². The lowest BCUT2D eigenvalue weighted by atomic mass is 9.81. The first-order valence-corrected chi connectivity index (χ1v) is 6.72. The third kappa shape index (κ3) is 1.37. The predicted molar refractivity (Wildman–Crippen MR) is 63.8 cm³/mol. The van der Waals surface area contributed by atoms with Crippen molar-refractivity contribution in [2.45, 2.75) is 17.7 Å². The Morgan fingerprint density at radius 1 is 1.41 bits per heavy atom. The Kier molecular flexibility index (Phi) is 2.41. The second kappa shape index (κ2) is 3.36. The summed E-state index contributed by atoms with van der Waals surface area (Å²) in [6, 6.07) is 6.21. The van der Waals surface area contributed by atoms with E-state index in [1.54, 1.807) is 25.1 Å². The Hall–Kier alpha value is -1.27. The zero-order valence-corrected chi connectivity index (χ0v) is 10.2. The summed E-state index contributed by atoms with van der Waals surface area (Å²) in [5.74, 6) is -0.350. The summed E-state index contributed by atoms with van der Waals surface area (Å²) in [7, 11) is -3.09. The molecule has 0 bridgehead atoms. The number of fused-ring (bicyclic) bond motifs is 1. The molecule has 0 saturated carbocycles. The molecular formula is C11H13FN2O2S. The lowest BCUT2D eigenvalue weighted by Gasteiger charge is -2.49. The first-order valence-electron chi connectivity index (χ1n) is 5.00. The zero-order chi connectivity index (χ0) is 11.6. The summed E-state index contributed by atoms with van der Waals surface area (Å²) in [5, 5.41) is -0.600. The van der Waals surface area contributed by atoms with Gasteiger partial charge in [-0.25, -0.2) is 12.8 Å². The van der Waals surface area contributed by atoms with Crippen molar-refractivity contribution < 1.29 is 12.8 Å². The Labute approximate surface area is 99.1 Å². The molecule has 6 heteroatoms. The second-order valence-electron chi connectivity index (χ2n) is 4.42. The largest absolute Gasteiger partial charge is 0.344 e. The monoisotopic (exact) mass is 256 g/mol. The van der Waals surface area contributed by atoms with Crippen molar-refractivity contribution >= 4 is 15.5 Å². The highest BCUT2D eigenvalue weighted by atomic mass is 32.2. The number of rotatable bonds is 1. The number of hydrogen-bond donors (Lipinski definition) is 1. The lowest BCUT2D eigenvalue weighted by molar-refractivity contribution is 0.420. The van der Waals surface area contributed by atoms with Crippen molar-refractivity contribution in [2.75, 3.05) is 5.75 Å². The van der Waals surface area contributed by atoms with Gasteiger partial charge < -0.3 is 6.15 Å². The minimum Gasteiger partial charge on any atom is -0.344 e. The van der Waals surface area contributed by atoms with Gasteiger partial charge in [0.25, 0.3) is 0 Å². The number of sulfone groups is 1. The molecule has 3 rings (SSSR count). The van der Waals surface area contributed by atoms with Gasteiger partial charge in [0.05, 0.1) is 5.75 Å². The van der Waals surface area contributed by atoms with E-state index in [0.29, 0.717) is 11.3 Å². The van der Waals surface area contributed by atoms with Crippen molar-refractivity contribution in [1.82, 2.24) is 6.15 Å². The summed E-state index contributed by atoms with van der Waals surface area (Å²) in [6.07, 6.45) is 0. The van der Waals surface area contributed by atoms with E-state index in [4.69, 9.17) is 0 Å². The van der Waals surface area contributed by atoms with Gasteiger partial charge in [-0.3, -0.25) is 4.99 Å². The molecule has 4 nitrogen and oxygen atoms in total. The van der Waals surface area contributed by atoms with E-state index in [2.05, 4.69) is 4.99 Å². The van der Waals surface area contributed by atoms with Gasteiger partial charge in [-0.1, -0.05) is 18.2 Å². The van der Waals surface area contributed by atoms with Gasteiger partial charge >= 0.3 is 0 Å². The Balaban J connectivity index is 0.00000108. The van der Waals surface area contributed by atoms with E-state index in [-0.39, 0.29) is 11.9 Å². The van der Waals surface area contributed by atoms with Gasteiger partial charge in [0.1, 0.15) is 16.6 Å². The fourth-order valence-corrected chi connectivity index (χ4v) is 4.54. The van der Waals surface area contributed by atoms with Crippen LogP contribution in [0.3, 0.4) is 0 Å². The fourth-order valence-electron chi connectivity index (χ4n) is 2.60. The normalized spacial score (nSPS) is 32.4. The molecule has 0 aromatic heterocycles. The molecular weight excluding hydrogens is 243 g/mol. The number of hydrogen-bond acceptors (Lipinski definition) is 4. The Morgan fingerprint density at radius 2 is 2.06 bits per heavy atom. The van der Waals surface area contributed by atoms with Gasteiger partial charge in [-0.05, 0) is 13.0 Å². The van der Waals surface area contributed by atoms with Crippen molar-refractivity contribution in [3.8, 4) is 0 Å². The summed E-state index contributed by atoms with van der Waals surface area (Å²) in [4.78, 5) is 4.25. The fraction of sp³-hybridized carbons (Fsp3) is 0.364. The number of halogens is 1. The van der Waals surface area contributed by atoms with Crippen molar-refractivity contribution in [1.29, 1.82) is 0 Å². The maximum atomic E-state index is 13.6. The van der Waals surface area contributed by atoms with Crippen LogP contribution in [0.25, 0.3) is 0 Å². The molecule has 2 aliphatic rings. The van der Waals surface area contributed by atoms with E-state index < -0.39 is 26.4 Å². The summed E-state index contributed by atoms with van der Waals surface area (Å²) < 4.78 is 36.8. The average Bonchev–Trinajstić information content (AvgIpc) is 2.14. The molecule has 0 radical (unpaired) electrons. The van der Waals surface area contributed by atoms with Crippen LogP contribution in [0.4, 0.5) is 4.39 Å². The molecule has 1 aromatic rings. The topological polar surface area (TPSA) is 81.5 Å². The van der Waals surface area contributed by atoms with Crippen LogP contribution in [0.15, 0.2) is 29.3 Å². The average molecular weight is 256 g/mol. The standard InChI is InChI=1S/C11H10FNO2S.H3N/c1-11(7-4-2-3-5-8(7)12)10-9(13-11)6-16(10,14)15;/h2-5,10H,6H2,1H3;1H3. The third-order valence-corrected chi connectivity index (χ3v) is 5.46. The summed E-state index contributed by atoms with van der Waals surface area (Å²) >= 11 is 0. The number of aliphatic imine (C=N–C) groups is 1. The van der Waals surface area contributed by atoms with Crippen LogP contribution in [-0.4, -0.2) is 25.1 Å². The van der Waals surface area contributed by atoms with Crippen molar-refractivity contribution in [2.24, 2.45) is 4.99 Å². The Morgan fingerprint density at radius 3 is 2.59 bits per heavy atom. The molecule has 1 saturated heterocycles. The van der Waals surface area contributed by atoms with Crippen molar-refractivity contribution in [3.05, 3.63) is 35.6 Å². The molecule has 3 N–H and O–H groups in total. The highest BCUT2D eigenvalue weighted by Crippen LogP contribution is 2.47. The molecule has 2 aliphatic heterocycles. The molecule has 2 heterocycles. The van der Waals surface area contributed by atoms with Crippen LogP contribution in [0.2, 0.25) is 0 Å². The van der Waals surface area contributed by atoms with Crippen LogP contribution < -0.4 is 6.15 Å². The summed E-state index contributed by atoms with van der Waals surface area (Å²) in [6.45, 7) is 1.68. The van der Waals surface area contributed by atoms with Crippen LogP contribution in [0.5, 0.6) is 0 Å². The molecule has 17 heavy (non-hydrogen) atoms. The summed E-state index contributed by atoms with van der Waals surface area (Å²) in [5.41, 5.74) is 0.135. The minimum atomic E-state index is -3.09. The smallest absolute Gasteiger partial charge is 0.166 e. The molecule has 0 spiro atoms. The number of nitrogens with zero attached hydrogens (tertiary/aromatic N) is 1. The third-order valence-electron chi connectivity index (χ3n) is 3.32. The van der Waals surface area contributed by atoms with Gasteiger partial charge in [-0.15, -0.1) is 0 Å². The molecule has 0 aliphatic carbocycles. The second-order valence-corrected chi connectivity index (χ2v) is 6.50. The highest BCUT2D eigenvalue weighted by molar-refractivity contribution is 7.96. The SMILES string of the molecule is CC1(c2ccccc2F)N=C2CS(=O)(=O)C21.N. The van der Waals surface area contributed by atoms with Gasteiger partial charge in [0, 0.05) is 11.3 Å². The van der Waals surface area contributed by atoms with E-state index >= 15 is 0 Å². The van der Waals surface area contributed by atoms with Crippen LogP contribution in [0, 0.1) is 5.82 Å². The molecule has 0 amide bonds. The molecule has 92 valence electrons. The van der Waals surface area contributed by atoms with Crippen molar-refractivity contribution in [3.63, 3.8) is 0 Å². The van der Waals surface area contributed by atoms with E-state index in [1.807, 2.05) is 0 Å². The minimum absolute atomic E-state index is 0. The van der Waals surface area contributed by atoms with Gasteiger partial charge in [0.15, 0.2) is 9.84 Å². The first-order chi connectivity index (χ1) is 7.45.